The topological polar surface area (TPSA) is 89.5 Å². The minimum absolute atomic E-state index is 0.0376. The normalized spacial score (nSPS) is 17.2. The molecule has 0 bridgehead atoms. The summed E-state index contributed by atoms with van der Waals surface area (Å²) in [6.07, 6.45) is 6.39. The van der Waals surface area contributed by atoms with Crippen LogP contribution in [0.4, 0.5) is 0 Å². The summed E-state index contributed by atoms with van der Waals surface area (Å²) in [6.45, 7) is 1.48. The fourth-order valence-electron chi connectivity index (χ4n) is 2.91. The van der Waals surface area contributed by atoms with Crippen molar-refractivity contribution in [2.75, 3.05) is 6.26 Å². The molecule has 0 spiro atoms. The van der Waals surface area contributed by atoms with E-state index in [1.165, 1.54) is 31.9 Å². The summed E-state index contributed by atoms with van der Waals surface area (Å²) in [4.78, 5) is 24.6. The molecule has 1 aromatic rings. The van der Waals surface area contributed by atoms with Gasteiger partial charge in [-0.05, 0) is 38.0 Å². The highest BCUT2D eigenvalue weighted by Crippen LogP contribution is 2.22. The Morgan fingerprint density at radius 2 is 1.81 bits per heavy atom. The molecule has 8 heteroatoms. The molecular weight excluding hydrogens is 378 g/mol. The molecule has 0 unspecified atom stereocenters. The van der Waals surface area contributed by atoms with Crippen LogP contribution in [-0.2, 0) is 19.4 Å². The molecule has 1 aromatic carbocycles. The number of rotatable bonds is 5. The van der Waals surface area contributed by atoms with Crippen molar-refractivity contribution in [1.82, 2.24) is 5.32 Å². The van der Waals surface area contributed by atoms with Gasteiger partial charge in [-0.3, -0.25) is 4.79 Å². The number of halogens is 1. The third-order valence-electron chi connectivity index (χ3n) is 4.44. The van der Waals surface area contributed by atoms with Crippen LogP contribution in [0.1, 0.15) is 55.8 Å². The fraction of sp³-hybridized carbons (Fsp3) is 0.556. The average molecular weight is 402 g/mol. The zero-order valence-electron chi connectivity index (χ0n) is 15.0. The van der Waals surface area contributed by atoms with Gasteiger partial charge in [-0.2, -0.15) is 0 Å². The van der Waals surface area contributed by atoms with E-state index >= 15 is 0 Å². The first kappa shape index (κ1) is 20.7. The average Bonchev–Trinajstić information content (AvgIpc) is 2.82. The molecule has 1 atom stereocenters. The van der Waals surface area contributed by atoms with Crippen LogP contribution in [0.3, 0.4) is 0 Å². The molecule has 1 aliphatic rings. The van der Waals surface area contributed by atoms with Gasteiger partial charge >= 0.3 is 5.97 Å². The van der Waals surface area contributed by atoms with Crippen molar-refractivity contribution in [3.8, 4) is 0 Å². The molecule has 1 saturated carbocycles. The number of carbonyl (C=O) groups excluding carboxylic acids is 2. The van der Waals surface area contributed by atoms with Crippen molar-refractivity contribution in [2.24, 2.45) is 0 Å². The highest BCUT2D eigenvalue weighted by atomic mass is 35.5. The molecule has 26 heavy (non-hydrogen) atoms. The molecule has 0 saturated heterocycles. The molecule has 1 aliphatic carbocycles. The van der Waals surface area contributed by atoms with E-state index in [0.29, 0.717) is 0 Å². The van der Waals surface area contributed by atoms with E-state index in [2.05, 4.69) is 5.32 Å². The first-order chi connectivity index (χ1) is 12.2. The van der Waals surface area contributed by atoms with Gasteiger partial charge in [0.15, 0.2) is 15.9 Å². The van der Waals surface area contributed by atoms with Crippen LogP contribution in [-0.4, -0.2) is 38.7 Å². The molecule has 1 amide bonds. The summed E-state index contributed by atoms with van der Waals surface area (Å²) >= 11 is 5.98. The predicted molar refractivity (Wildman–Crippen MR) is 99.1 cm³/mol. The minimum atomic E-state index is -3.49. The Bertz CT molecular complexity index is 770. The third kappa shape index (κ3) is 5.71. The van der Waals surface area contributed by atoms with Gasteiger partial charge in [0.25, 0.3) is 5.91 Å². The zero-order chi connectivity index (χ0) is 19.3. The van der Waals surface area contributed by atoms with Crippen molar-refractivity contribution in [3.63, 3.8) is 0 Å². The number of carbonyl (C=O) groups is 2. The zero-order valence-corrected chi connectivity index (χ0v) is 16.5. The SMILES string of the molecule is C[C@H](OC(=O)c1cc(S(C)(=O)=O)ccc1Cl)C(=O)NC1CCCCCC1. The quantitative estimate of drug-likeness (QED) is 0.604. The standard InChI is InChI=1S/C18H24ClNO5S/c1-12(17(21)20-13-7-5-3-4-6-8-13)25-18(22)15-11-14(26(2,23)24)9-10-16(15)19/h9-13H,3-8H2,1-2H3,(H,20,21)/t12-/m0/s1. The van der Waals surface area contributed by atoms with E-state index in [1.807, 2.05) is 0 Å². The lowest BCUT2D eigenvalue weighted by molar-refractivity contribution is -0.129. The lowest BCUT2D eigenvalue weighted by Gasteiger charge is -2.20. The lowest BCUT2D eigenvalue weighted by Crippen LogP contribution is -2.41. The molecular formula is C18H24ClNO5S. The number of ether oxygens (including phenoxy) is 1. The van der Waals surface area contributed by atoms with E-state index in [-0.39, 0.29) is 27.4 Å². The van der Waals surface area contributed by atoms with Crippen LogP contribution in [0.5, 0.6) is 0 Å². The van der Waals surface area contributed by atoms with Gasteiger partial charge in [-0.25, -0.2) is 13.2 Å². The molecule has 0 radical (unpaired) electrons. The summed E-state index contributed by atoms with van der Waals surface area (Å²) < 4.78 is 28.5. The number of amides is 1. The van der Waals surface area contributed by atoms with Crippen molar-refractivity contribution >= 4 is 33.3 Å². The van der Waals surface area contributed by atoms with Crippen LogP contribution >= 0.6 is 11.6 Å². The first-order valence-corrected chi connectivity index (χ1v) is 11.0. The fourth-order valence-corrected chi connectivity index (χ4v) is 3.75. The van der Waals surface area contributed by atoms with Crippen LogP contribution in [0, 0.1) is 0 Å². The van der Waals surface area contributed by atoms with Crippen molar-refractivity contribution in [3.05, 3.63) is 28.8 Å². The summed E-state index contributed by atoms with van der Waals surface area (Å²) in [5.41, 5.74) is -0.0799. The van der Waals surface area contributed by atoms with Gasteiger partial charge in [0, 0.05) is 12.3 Å². The predicted octanol–water partition coefficient (Wildman–Crippen LogP) is 3.13. The second-order valence-electron chi connectivity index (χ2n) is 6.66. The molecule has 0 aromatic heterocycles. The molecule has 1 fully saturated rings. The van der Waals surface area contributed by atoms with Gasteiger partial charge in [0.2, 0.25) is 0 Å². The smallest absolute Gasteiger partial charge is 0.340 e. The Kier molecular flexibility index (Phi) is 7.06. The molecule has 2 rings (SSSR count). The minimum Gasteiger partial charge on any atom is -0.449 e. The first-order valence-electron chi connectivity index (χ1n) is 8.69. The third-order valence-corrected chi connectivity index (χ3v) is 5.88. The number of benzene rings is 1. The maximum atomic E-state index is 12.3. The van der Waals surface area contributed by atoms with Crippen molar-refractivity contribution in [2.45, 2.75) is 62.5 Å². The number of hydrogen-bond acceptors (Lipinski definition) is 5. The van der Waals surface area contributed by atoms with Gasteiger partial charge < -0.3 is 10.1 Å². The van der Waals surface area contributed by atoms with E-state index in [9.17, 15) is 18.0 Å². The van der Waals surface area contributed by atoms with E-state index in [0.717, 1.165) is 38.0 Å². The second-order valence-corrected chi connectivity index (χ2v) is 9.08. The Morgan fingerprint density at radius 3 is 2.38 bits per heavy atom. The highest BCUT2D eigenvalue weighted by Gasteiger charge is 2.24. The Hall–Kier alpha value is -1.60. The van der Waals surface area contributed by atoms with Crippen LogP contribution < -0.4 is 5.32 Å². The molecule has 1 N–H and O–H groups in total. The summed E-state index contributed by atoms with van der Waals surface area (Å²) in [5.74, 6) is -1.19. The molecule has 0 heterocycles. The van der Waals surface area contributed by atoms with Crippen molar-refractivity contribution < 1.29 is 22.7 Å². The van der Waals surface area contributed by atoms with Crippen LogP contribution in [0.15, 0.2) is 23.1 Å². The van der Waals surface area contributed by atoms with Gasteiger partial charge in [0.1, 0.15) is 0 Å². The number of esters is 1. The van der Waals surface area contributed by atoms with Crippen LogP contribution in [0.2, 0.25) is 5.02 Å². The summed E-state index contributed by atoms with van der Waals surface area (Å²) in [6, 6.07) is 3.90. The van der Waals surface area contributed by atoms with Gasteiger partial charge in [-0.1, -0.05) is 37.3 Å². The molecule has 6 nitrogen and oxygen atoms in total. The number of hydrogen-bond donors (Lipinski definition) is 1. The second kappa shape index (κ2) is 8.86. The Labute approximate surface area is 159 Å². The van der Waals surface area contributed by atoms with E-state index < -0.39 is 21.9 Å². The van der Waals surface area contributed by atoms with Gasteiger partial charge in [-0.15, -0.1) is 0 Å². The number of nitrogens with one attached hydrogen (secondary N) is 1. The van der Waals surface area contributed by atoms with Crippen molar-refractivity contribution in [1.29, 1.82) is 0 Å². The summed E-state index contributed by atoms with van der Waals surface area (Å²) in [7, 11) is -3.49. The number of sulfone groups is 1. The lowest BCUT2D eigenvalue weighted by atomic mass is 10.1. The monoisotopic (exact) mass is 401 g/mol. The van der Waals surface area contributed by atoms with Gasteiger partial charge in [0.05, 0.1) is 15.5 Å². The maximum Gasteiger partial charge on any atom is 0.340 e. The molecule has 0 aliphatic heterocycles. The Morgan fingerprint density at radius 1 is 1.19 bits per heavy atom. The summed E-state index contributed by atoms with van der Waals surface area (Å²) in [5, 5.41) is 2.99. The Balaban J connectivity index is 2.03. The van der Waals surface area contributed by atoms with E-state index in [1.54, 1.807) is 0 Å². The van der Waals surface area contributed by atoms with E-state index in [4.69, 9.17) is 16.3 Å². The van der Waals surface area contributed by atoms with Crippen LogP contribution in [0.25, 0.3) is 0 Å². The molecule has 144 valence electrons. The highest BCUT2D eigenvalue weighted by molar-refractivity contribution is 7.90. The largest absolute Gasteiger partial charge is 0.449 e. The maximum absolute atomic E-state index is 12.3.